The summed E-state index contributed by atoms with van der Waals surface area (Å²) in [5.41, 5.74) is -0.218. The van der Waals surface area contributed by atoms with E-state index >= 15 is 0 Å². The Bertz CT molecular complexity index is 703. The smallest absolute Gasteiger partial charge is 0.195 e. The minimum absolute atomic E-state index is 0.103. The van der Waals surface area contributed by atoms with Crippen molar-refractivity contribution < 1.29 is 9.47 Å². The molecule has 20 heavy (non-hydrogen) atoms. The average molecular weight is 266 g/mol. The van der Waals surface area contributed by atoms with E-state index in [0.29, 0.717) is 5.90 Å². The zero-order chi connectivity index (χ0) is 14.0. The SMILES string of the molecule is COC1=N[C@@]2(C)C=C[C@@]2(C#N)[C@@H]2Oc3ccccc3[C@H]12. The molecular weight excluding hydrogens is 252 g/mol. The average Bonchev–Trinajstić information content (AvgIpc) is 2.83. The Balaban J connectivity index is 1.95. The molecule has 0 saturated heterocycles. The van der Waals surface area contributed by atoms with Gasteiger partial charge in [-0.15, -0.1) is 0 Å². The molecule has 0 amide bonds. The lowest BCUT2D eigenvalue weighted by Gasteiger charge is -2.51. The maximum atomic E-state index is 9.73. The maximum Gasteiger partial charge on any atom is 0.195 e. The van der Waals surface area contributed by atoms with Crippen molar-refractivity contribution in [3.8, 4) is 11.8 Å². The van der Waals surface area contributed by atoms with Gasteiger partial charge >= 0.3 is 0 Å². The maximum absolute atomic E-state index is 9.73. The Morgan fingerprint density at radius 2 is 2.15 bits per heavy atom. The summed E-state index contributed by atoms with van der Waals surface area (Å²) in [4.78, 5) is 4.69. The molecule has 2 aliphatic heterocycles. The monoisotopic (exact) mass is 266 g/mol. The number of hydrogen-bond donors (Lipinski definition) is 0. The van der Waals surface area contributed by atoms with Crippen molar-refractivity contribution in [3.05, 3.63) is 42.0 Å². The number of ether oxygens (including phenoxy) is 2. The first kappa shape index (κ1) is 11.5. The molecule has 100 valence electrons. The predicted octanol–water partition coefficient (Wildman–Crippen LogP) is 2.43. The topological polar surface area (TPSA) is 54.6 Å². The highest BCUT2D eigenvalue weighted by atomic mass is 16.5. The van der Waals surface area contributed by atoms with Gasteiger partial charge in [0.1, 0.15) is 28.7 Å². The fourth-order valence-corrected chi connectivity index (χ4v) is 3.53. The third-order valence-corrected chi connectivity index (χ3v) is 4.77. The Hall–Kier alpha value is -2.28. The molecule has 0 radical (unpaired) electrons. The molecule has 1 aliphatic carbocycles. The molecule has 0 fully saturated rings. The lowest BCUT2D eigenvalue weighted by Crippen LogP contribution is -2.61. The van der Waals surface area contributed by atoms with Crippen molar-refractivity contribution in [1.82, 2.24) is 0 Å². The van der Waals surface area contributed by atoms with Gasteiger partial charge in [0.05, 0.1) is 13.2 Å². The number of fused-ring (bicyclic) bond motifs is 5. The number of para-hydroxylation sites is 1. The summed E-state index contributed by atoms with van der Waals surface area (Å²) >= 11 is 0. The molecule has 1 aromatic rings. The van der Waals surface area contributed by atoms with Gasteiger partial charge in [-0.3, -0.25) is 0 Å². The lowest BCUT2D eigenvalue weighted by atomic mass is 9.56. The molecule has 0 N–H and O–H groups in total. The standard InChI is InChI=1S/C16H14N2O2/c1-15-7-8-16(15,9-17)13-12(14(18-15)19-2)10-5-3-4-6-11(10)20-13/h3-8,12-13H,1-2H3/t12-,13+,15-,16+/m0/s1. The number of nitrogens with zero attached hydrogens (tertiary/aromatic N) is 2. The van der Waals surface area contributed by atoms with Crippen LogP contribution in [0.3, 0.4) is 0 Å². The highest BCUT2D eigenvalue weighted by Gasteiger charge is 2.66. The van der Waals surface area contributed by atoms with Crippen LogP contribution in [0.1, 0.15) is 18.4 Å². The van der Waals surface area contributed by atoms with Crippen molar-refractivity contribution in [2.24, 2.45) is 10.4 Å². The van der Waals surface area contributed by atoms with Gasteiger partial charge in [-0.1, -0.05) is 30.4 Å². The first-order valence-electron chi connectivity index (χ1n) is 6.66. The van der Waals surface area contributed by atoms with Crippen LogP contribution in [-0.4, -0.2) is 24.7 Å². The molecule has 2 heterocycles. The van der Waals surface area contributed by atoms with Crippen molar-refractivity contribution >= 4 is 5.90 Å². The van der Waals surface area contributed by atoms with Gasteiger partial charge in [0.25, 0.3) is 0 Å². The predicted molar refractivity (Wildman–Crippen MR) is 73.6 cm³/mol. The second-order valence-corrected chi connectivity index (χ2v) is 5.67. The van der Waals surface area contributed by atoms with Crippen LogP contribution >= 0.6 is 0 Å². The quantitative estimate of drug-likeness (QED) is 0.678. The Morgan fingerprint density at radius 1 is 1.35 bits per heavy atom. The summed E-state index contributed by atoms with van der Waals surface area (Å²) in [5.74, 6) is 1.37. The van der Waals surface area contributed by atoms with Crippen LogP contribution in [0.25, 0.3) is 0 Å². The summed E-state index contributed by atoms with van der Waals surface area (Å²) in [6.07, 6.45) is 3.61. The molecular formula is C16H14N2O2. The molecule has 4 heteroatoms. The minimum atomic E-state index is -0.710. The second kappa shape index (κ2) is 3.43. The summed E-state index contributed by atoms with van der Waals surface area (Å²) in [5, 5.41) is 9.73. The van der Waals surface area contributed by atoms with Gasteiger partial charge in [-0.25, -0.2) is 4.99 Å². The van der Waals surface area contributed by atoms with Gasteiger partial charge in [-0.2, -0.15) is 5.26 Å². The van der Waals surface area contributed by atoms with Gasteiger partial charge in [-0.05, 0) is 13.0 Å². The van der Waals surface area contributed by atoms with Crippen LogP contribution in [0, 0.1) is 16.7 Å². The van der Waals surface area contributed by atoms with Crippen molar-refractivity contribution in [1.29, 1.82) is 5.26 Å². The number of benzene rings is 1. The van der Waals surface area contributed by atoms with Crippen molar-refractivity contribution in [2.45, 2.75) is 24.5 Å². The van der Waals surface area contributed by atoms with E-state index in [1.165, 1.54) is 0 Å². The van der Waals surface area contributed by atoms with E-state index in [4.69, 9.17) is 14.5 Å². The van der Waals surface area contributed by atoms with E-state index in [1.54, 1.807) is 7.11 Å². The lowest BCUT2D eigenvalue weighted by molar-refractivity contribution is 0.0613. The molecule has 4 rings (SSSR count). The summed E-state index contributed by atoms with van der Waals surface area (Å²) in [6, 6.07) is 10.3. The number of nitriles is 1. The molecule has 0 bridgehead atoms. The summed E-state index contributed by atoms with van der Waals surface area (Å²) in [6.45, 7) is 1.96. The van der Waals surface area contributed by atoms with Gasteiger partial charge in [0.15, 0.2) is 5.90 Å². The Labute approximate surface area is 117 Å². The highest BCUT2D eigenvalue weighted by molar-refractivity contribution is 5.89. The third kappa shape index (κ3) is 1.06. The van der Waals surface area contributed by atoms with Crippen LogP contribution in [0.15, 0.2) is 41.4 Å². The van der Waals surface area contributed by atoms with Gasteiger partial charge < -0.3 is 9.47 Å². The number of methoxy groups -OCH3 is 1. The third-order valence-electron chi connectivity index (χ3n) is 4.77. The first-order chi connectivity index (χ1) is 9.65. The Kier molecular flexibility index (Phi) is 1.98. The van der Waals surface area contributed by atoms with E-state index in [1.807, 2.05) is 43.3 Å². The zero-order valence-electron chi connectivity index (χ0n) is 11.3. The van der Waals surface area contributed by atoms with E-state index in [2.05, 4.69) is 6.07 Å². The van der Waals surface area contributed by atoms with Crippen molar-refractivity contribution in [3.63, 3.8) is 0 Å². The van der Waals surface area contributed by atoms with Crippen LogP contribution in [0.5, 0.6) is 5.75 Å². The molecule has 0 saturated carbocycles. The molecule has 3 aliphatic rings. The molecule has 4 nitrogen and oxygen atoms in total. The zero-order valence-corrected chi connectivity index (χ0v) is 11.3. The summed E-state index contributed by atoms with van der Waals surface area (Å²) in [7, 11) is 1.63. The van der Waals surface area contributed by atoms with Crippen LogP contribution in [-0.2, 0) is 4.74 Å². The second-order valence-electron chi connectivity index (χ2n) is 5.67. The van der Waals surface area contributed by atoms with Gasteiger partial charge in [0, 0.05) is 5.56 Å². The number of hydrogen-bond acceptors (Lipinski definition) is 4. The minimum Gasteiger partial charge on any atom is -0.487 e. The number of rotatable bonds is 0. The van der Waals surface area contributed by atoms with E-state index in [0.717, 1.165) is 11.3 Å². The van der Waals surface area contributed by atoms with Crippen molar-refractivity contribution in [2.75, 3.05) is 7.11 Å². The fraction of sp³-hybridized carbons (Fsp3) is 0.375. The van der Waals surface area contributed by atoms with Crippen LogP contribution < -0.4 is 4.74 Å². The van der Waals surface area contributed by atoms with E-state index < -0.39 is 11.0 Å². The summed E-state index contributed by atoms with van der Waals surface area (Å²) < 4.78 is 11.6. The molecule has 0 unspecified atom stereocenters. The van der Waals surface area contributed by atoms with E-state index in [-0.39, 0.29) is 12.0 Å². The molecule has 1 aromatic carbocycles. The molecule has 4 atom stereocenters. The first-order valence-corrected chi connectivity index (χ1v) is 6.66. The number of aliphatic imine (C=N–C) groups is 1. The van der Waals surface area contributed by atoms with Crippen LogP contribution in [0.2, 0.25) is 0 Å². The largest absolute Gasteiger partial charge is 0.487 e. The normalized spacial score (nSPS) is 39.4. The fourth-order valence-electron chi connectivity index (χ4n) is 3.53. The van der Waals surface area contributed by atoms with E-state index in [9.17, 15) is 5.26 Å². The van der Waals surface area contributed by atoms with Crippen LogP contribution in [0.4, 0.5) is 0 Å². The molecule has 0 aromatic heterocycles. The molecule has 0 spiro atoms. The Morgan fingerprint density at radius 3 is 2.80 bits per heavy atom. The highest BCUT2D eigenvalue weighted by Crippen LogP contribution is 2.59. The van der Waals surface area contributed by atoms with Gasteiger partial charge in [0.2, 0.25) is 0 Å².